The second-order valence-corrected chi connectivity index (χ2v) is 31.6. The molecule has 6 aromatic carbocycles. The van der Waals surface area contributed by atoms with E-state index in [2.05, 4.69) is 44.5 Å². The van der Waals surface area contributed by atoms with E-state index < -0.39 is 55.3 Å². The maximum absolute atomic E-state index is 14.4. The van der Waals surface area contributed by atoms with Gasteiger partial charge in [0.05, 0.1) is 87.3 Å². The van der Waals surface area contributed by atoms with E-state index >= 15 is 0 Å². The molecular weight excluding hydrogens is 1660 g/mol. The van der Waals surface area contributed by atoms with Crippen molar-refractivity contribution in [2.45, 2.75) is 118 Å². The van der Waals surface area contributed by atoms with Crippen molar-refractivity contribution in [1.29, 1.82) is 0 Å². The largest absolute Gasteiger partial charge is 2.00 e. The number of aryl methyl sites for hydroxylation is 5. The van der Waals surface area contributed by atoms with Gasteiger partial charge in [-0.05, 0) is 145 Å². The fourth-order valence-corrected chi connectivity index (χ4v) is 10.9. The number of ether oxygens (including phenoxy) is 2. The molecule has 12 rings (SSSR count). The molecule has 11 aromatic rings. The van der Waals surface area contributed by atoms with Crippen molar-refractivity contribution in [2.75, 3.05) is 26.6 Å². The molecule has 5 atom stereocenters. The summed E-state index contributed by atoms with van der Waals surface area (Å²) in [5.74, 6) is -2.36. The Morgan fingerprint density at radius 2 is 0.907 bits per heavy atom. The van der Waals surface area contributed by atoms with Crippen molar-refractivity contribution >= 4 is 106 Å². The normalized spacial score (nSPS) is 12.1. The number of methoxy groups -OCH3 is 1. The molecule has 0 radical (unpaired) electrons. The Hall–Kier alpha value is -8.61. The molecule has 0 bridgehead atoms. The Bertz CT molecular complexity index is 4920. The first-order chi connectivity index (χ1) is 53.0. The van der Waals surface area contributed by atoms with Gasteiger partial charge in [-0.3, -0.25) is 38.1 Å². The number of nitrogens with two attached hydrogens (primary N) is 2. The van der Waals surface area contributed by atoms with Crippen LogP contribution >= 0.6 is 24.8 Å². The van der Waals surface area contributed by atoms with Gasteiger partial charge in [-0.25, -0.2) is 44.1 Å². The zero-order chi connectivity index (χ0) is 83.6. The monoisotopic (exact) mass is 1770 g/mol. The molecule has 0 amide bonds. The molecule has 6 heterocycles. The average Bonchev–Trinajstić information content (AvgIpc) is 1.51. The minimum atomic E-state index is -1.39. The molecule has 0 spiro atoms. The van der Waals surface area contributed by atoms with Crippen molar-refractivity contribution in [3.63, 3.8) is 0 Å². The maximum Gasteiger partial charge on any atom is 2.00 e. The average molecular weight is 1770 g/mol. The maximum atomic E-state index is 14.4. The molecule has 0 saturated carbocycles. The van der Waals surface area contributed by atoms with Crippen molar-refractivity contribution in [3.05, 3.63) is 253 Å². The Morgan fingerprint density at radius 1 is 0.568 bits per heavy atom. The SMILES string of the molecule is C.C1CCOC1.CC.CC(N)c1ccc(-c2cnn(C)c2)cc1F.CC(NS(=O)C(C)(C)C)c1ccc(-c2cnn(C)c2)cc1F.COC(=O)c1ccccc1C=O.CS(N)=O.Cl.Cl.Cn1cc(-c2ccc(C=NS(=O)C(C)(C)C)c(F)c2)cn1.Cn1cc(-c2ccc(C=O)c(F)c2)cn1.Cn1cc(-c2ccc(CO)c(F)c2)cn1.[CH3-].[Cl-].[Mg+2]. The Morgan fingerprint density at radius 3 is 1.19 bits per heavy atom. The molecule has 1 fully saturated rings. The van der Waals surface area contributed by atoms with E-state index in [1.165, 1.54) is 68.8 Å². The van der Waals surface area contributed by atoms with Crippen LogP contribution in [-0.4, -0.2) is 151 Å². The summed E-state index contributed by atoms with van der Waals surface area (Å²) in [5, 5.41) is 33.6. The Labute approximate surface area is 732 Å². The second kappa shape index (κ2) is 56.8. The number of aromatic nitrogens is 10. The van der Waals surface area contributed by atoms with E-state index in [0.29, 0.717) is 51.5 Å². The van der Waals surface area contributed by atoms with Crippen molar-refractivity contribution in [1.82, 2.24) is 53.6 Å². The number of aliphatic hydroxyl groups is 1. The van der Waals surface area contributed by atoms with Crippen molar-refractivity contribution in [3.8, 4) is 55.6 Å². The molecule has 5 unspecified atom stereocenters. The predicted molar refractivity (Wildman–Crippen MR) is 468 cm³/mol. The third-order valence-electron chi connectivity index (χ3n) is 15.5. The van der Waals surface area contributed by atoms with E-state index in [0.717, 1.165) is 63.3 Å². The van der Waals surface area contributed by atoms with E-state index in [4.69, 9.17) is 15.6 Å². The standard InChI is InChI=1S/C16H22FN3OS.C15H18FN3OS.C12H14FN3.C11H11FN2O.C11H9FN2O.C9H8O3.C4H8O.C2H6.CH5NOS.CH4.CH3.3ClH.Mg/c1-11(19-22(21)16(2,3)4)14-7-6-12(8-15(14)17)13-9-18-20(5)10-13;1-15(2,3)21(20)18-9-12-6-5-11(7-14(12)16)13-8-17-19(4)10-13;1-8(14)11-4-3-9(5-12(11)13)10-6-15-16(2)7-10;2*1-14-6-10(5-13-14)8-2-3-9(7-15)11(12)4-8;1-12-9(11)8-5-3-2-4-7(8)6-10;1-2-4-5-3-1;1-2;1-4(2)3;;;;;;/h6-11,19H,1-5H3;5-10H,1-4H3;3-8H,14H2,1-2H3;2-6,15H,7H2,1H3;2-7H,1H3;2-6H,1H3;1-4H2;1-2H3;2H2,1H3;1H4;1H3;3*1H;/q;;;;;;;;;;-1;;;;+2/p-1. The number of rotatable bonds is 15. The van der Waals surface area contributed by atoms with Crippen molar-refractivity contribution in [2.24, 2.45) is 50.5 Å². The van der Waals surface area contributed by atoms with Crippen LogP contribution in [0.2, 0.25) is 0 Å². The number of benzene rings is 6. The van der Waals surface area contributed by atoms with Crippen LogP contribution in [0.5, 0.6) is 0 Å². The summed E-state index contributed by atoms with van der Waals surface area (Å²) in [4.78, 5) is 31.9. The number of halogens is 8. The van der Waals surface area contributed by atoms with Gasteiger partial charge in [0.15, 0.2) is 12.6 Å². The van der Waals surface area contributed by atoms with E-state index in [9.17, 15) is 49.0 Å². The summed E-state index contributed by atoms with van der Waals surface area (Å²) in [7, 11) is 6.59. The number of nitrogens with one attached hydrogen (secondary N) is 1. The van der Waals surface area contributed by atoms with Crippen LogP contribution in [0.4, 0.5) is 22.0 Å². The summed E-state index contributed by atoms with van der Waals surface area (Å²) in [6.07, 6.45) is 23.9. The van der Waals surface area contributed by atoms with E-state index in [1.54, 1.807) is 141 Å². The molecule has 5 aromatic heterocycles. The first-order valence-electron chi connectivity index (χ1n) is 35.1. The number of carbonyl (C=O) groups excluding carboxylic acids is 3. The molecule has 118 heavy (non-hydrogen) atoms. The molecule has 23 nitrogen and oxygen atoms in total. The number of hydrogen-bond acceptors (Lipinski definition) is 15. The number of carbonyl (C=O) groups is 3. The van der Waals surface area contributed by atoms with Crippen molar-refractivity contribution < 1.29 is 75.9 Å². The summed E-state index contributed by atoms with van der Waals surface area (Å²) < 4.78 is 126. The topological polar surface area (TPSA) is 307 Å². The smallest absolute Gasteiger partial charge is 1.00 e. The van der Waals surface area contributed by atoms with Gasteiger partial charge in [-0.1, -0.05) is 88.0 Å². The zero-order valence-electron chi connectivity index (χ0n) is 69.0. The van der Waals surface area contributed by atoms with Crippen LogP contribution < -0.4 is 28.0 Å². The molecule has 642 valence electrons. The summed E-state index contributed by atoms with van der Waals surface area (Å²) >= 11 is 0. The van der Waals surface area contributed by atoms with E-state index in [-0.39, 0.29) is 122 Å². The van der Waals surface area contributed by atoms with Crippen LogP contribution in [0.15, 0.2) is 182 Å². The zero-order valence-corrected chi connectivity index (χ0v) is 75.2. The molecule has 1 saturated heterocycles. The molecule has 6 N–H and O–H groups in total. The van der Waals surface area contributed by atoms with Crippen LogP contribution in [0.1, 0.15) is 155 Å². The number of esters is 1. The summed E-state index contributed by atoms with van der Waals surface area (Å²) in [5.41, 5.74) is 16.2. The van der Waals surface area contributed by atoms with Gasteiger partial charge in [-0.15, -0.1) is 24.8 Å². The molecule has 0 aliphatic carbocycles. The predicted octanol–water partition coefficient (Wildman–Crippen LogP) is 13.3. The number of aliphatic hydroxyl groups excluding tert-OH is 1. The van der Waals surface area contributed by atoms with Gasteiger partial charge in [0.25, 0.3) is 0 Å². The fourth-order valence-electron chi connectivity index (χ4n) is 9.52. The minimum Gasteiger partial charge on any atom is -1.00 e. The molecular formula is C83H110Cl3F5MgN14O9S3. The summed E-state index contributed by atoms with van der Waals surface area (Å²) in [6, 6.07) is 30.1. The Balaban J connectivity index is -0.00000131. The first kappa shape index (κ1) is 114. The second-order valence-electron chi connectivity index (χ2n) is 26.7. The van der Waals surface area contributed by atoms with Gasteiger partial charge >= 0.3 is 29.0 Å². The van der Waals surface area contributed by atoms with E-state index in [1.807, 2.05) is 127 Å². The number of hydrogen-bond donors (Lipinski definition) is 4. The number of nitrogens with zero attached hydrogens (tertiary/aromatic N) is 11. The number of aldehydes is 2. The Kier molecular flexibility index (Phi) is 54.6. The van der Waals surface area contributed by atoms with Gasteiger partial charge in [0, 0.05) is 160 Å². The fraction of sp³-hybridized carbons (Fsp3) is 0.325. The third kappa shape index (κ3) is 38.2. The van der Waals surface area contributed by atoms with Crippen LogP contribution in [-0.2, 0) is 84.3 Å². The molecule has 1 aliphatic rings. The van der Waals surface area contributed by atoms with Gasteiger partial charge < -0.3 is 40.1 Å². The minimum absolute atomic E-state index is 0. The van der Waals surface area contributed by atoms with Gasteiger partial charge in [-0.2, -0.15) is 29.9 Å². The summed E-state index contributed by atoms with van der Waals surface area (Å²) in [6.45, 7) is 20.4. The molecule has 1 aliphatic heterocycles. The first-order valence-corrected chi connectivity index (χ1v) is 39.0. The quantitative estimate of drug-likeness (QED) is 0.0185. The van der Waals surface area contributed by atoms with Crippen LogP contribution in [0, 0.1) is 36.5 Å². The van der Waals surface area contributed by atoms with Gasteiger partial charge in [0.2, 0.25) is 0 Å². The van der Waals surface area contributed by atoms with Crippen LogP contribution in [0.25, 0.3) is 55.6 Å². The van der Waals surface area contributed by atoms with Gasteiger partial charge in [0.1, 0.15) is 40.1 Å². The molecule has 35 heteroatoms. The van der Waals surface area contributed by atoms with Crippen LogP contribution in [0.3, 0.4) is 0 Å². The third-order valence-corrected chi connectivity index (χ3v) is 18.5.